The number of carbonyl (C=O) groups is 1. The van der Waals surface area contributed by atoms with E-state index < -0.39 is 0 Å². The number of carbonyl (C=O) groups excluding carboxylic acids is 1. The van der Waals surface area contributed by atoms with Crippen molar-refractivity contribution in [1.82, 2.24) is 15.1 Å². The molecule has 1 fully saturated rings. The normalized spacial score (nSPS) is 20.9. The van der Waals surface area contributed by atoms with E-state index in [-0.39, 0.29) is 12.0 Å². The Labute approximate surface area is 163 Å². The Morgan fingerprint density at radius 3 is 2.81 bits per heavy atom. The third kappa shape index (κ3) is 3.91. The van der Waals surface area contributed by atoms with Gasteiger partial charge in [-0.2, -0.15) is 0 Å². The van der Waals surface area contributed by atoms with E-state index in [2.05, 4.69) is 57.4 Å². The van der Waals surface area contributed by atoms with Crippen LogP contribution in [0, 0.1) is 0 Å². The van der Waals surface area contributed by atoms with Crippen molar-refractivity contribution in [2.45, 2.75) is 39.3 Å². The lowest BCUT2D eigenvalue weighted by Gasteiger charge is -2.38. The Kier molecular flexibility index (Phi) is 5.01. The fraction of sp³-hybridized carbons (Fsp3) is 0.526. The van der Waals surface area contributed by atoms with Crippen LogP contribution in [0.15, 0.2) is 18.2 Å². The summed E-state index contributed by atoms with van der Waals surface area (Å²) in [6.07, 6.45) is 1.29. The van der Waals surface area contributed by atoms with Crippen LogP contribution in [-0.2, 0) is 11.2 Å². The number of fused-ring (bicyclic) bond motifs is 1. The minimum Gasteiger partial charge on any atom is -0.490 e. The van der Waals surface area contributed by atoms with Crippen molar-refractivity contribution in [1.29, 1.82) is 0 Å². The van der Waals surface area contributed by atoms with Crippen LogP contribution < -0.4 is 15.0 Å². The summed E-state index contributed by atoms with van der Waals surface area (Å²) in [6.45, 7) is 9.58. The second-order valence-corrected chi connectivity index (χ2v) is 8.23. The van der Waals surface area contributed by atoms with Crippen LogP contribution in [-0.4, -0.2) is 53.3 Å². The van der Waals surface area contributed by atoms with Crippen molar-refractivity contribution >= 4 is 27.5 Å². The average Bonchev–Trinajstić information content (AvgIpc) is 3.25. The number of benzene rings is 1. The summed E-state index contributed by atoms with van der Waals surface area (Å²) >= 11 is 1.42. The lowest BCUT2D eigenvalue weighted by molar-refractivity contribution is -0.114. The van der Waals surface area contributed by atoms with E-state index in [0.717, 1.165) is 43.5 Å². The van der Waals surface area contributed by atoms with Gasteiger partial charge in [-0.1, -0.05) is 23.5 Å². The quantitative estimate of drug-likeness (QED) is 0.870. The van der Waals surface area contributed by atoms with Gasteiger partial charge in [0.1, 0.15) is 11.9 Å². The van der Waals surface area contributed by atoms with Gasteiger partial charge in [0.05, 0.1) is 0 Å². The van der Waals surface area contributed by atoms with E-state index in [1.807, 2.05) is 0 Å². The van der Waals surface area contributed by atoms with E-state index in [1.165, 1.54) is 29.4 Å². The molecule has 1 amide bonds. The van der Waals surface area contributed by atoms with Crippen molar-refractivity contribution in [2.24, 2.45) is 0 Å². The number of hydrogen-bond donors (Lipinski definition) is 1. The molecule has 3 heterocycles. The lowest BCUT2D eigenvalue weighted by atomic mass is 10.0. The second-order valence-electron chi connectivity index (χ2n) is 7.27. The summed E-state index contributed by atoms with van der Waals surface area (Å²) in [4.78, 5) is 15.9. The van der Waals surface area contributed by atoms with E-state index in [1.54, 1.807) is 0 Å². The summed E-state index contributed by atoms with van der Waals surface area (Å²) in [6, 6.07) is 7.01. The number of amides is 1. The van der Waals surface area contributed by atoms with Crippen LogP contribution in [0.4, 0.5) is 10.3 Å². The maximum atomic E-state index is 11.1. The zero-order valence-corrected chi connectivity index (χ0v) is 16.8. The van der Waals surface area contributed by atoms with Crippen molar-refractivity contribution in [2.75, 3.05) is 36.4 Å². The zero-order valence-electron chi connectivity index (χ0n) is 15.9. The van der Waals surface area contributed by atoms with Gasteiger partial charge in [-0.05, 0) is 31.0 Å². The molecule has 1 N–H and O–H groups in total. The molecule has 2 atom stereocenters. The smallest absolute Gasteiger partial charge is 0.223 e. The Morgan fingerprint density at radius 1 is 1.30 bits per heavy atom. The third-order valence-corrected chi connectivity index (χ3v) is 6.14. The topological polar surface area (TPSA) is 70.6 Å². The molecule has 2 aliphatic rings. The van der Waals surface area contributed by atoms with E-state index in [0.29, 0.717) is 11.2 Å². The molecule has 0 aliphatic carbocycles. The average molecular weight is 388 g/mol. The number of nitrogens with zero attached hydrogens (tertiary/aromatic N) is 4. The minimum atomic E-state index is -0.121. The van der Waals surface area contributed by atoms with Gasteiger partial charge in [-0.15, -0.1) is 10.2 Å². The molecule has 4 rings (SSSR count). The van der Waals surface area contributed by atoms with Gasteiger partial charge < -0.3 is 15.0 Å². The minimum absolute atomic E-state index is 0.121. The standard InChI is InChI=1S/C19H25N5O2S/c1-12-10-16-5-4-15(11-17(16)26-12)13(2)23-6-8-24(9-7-23)19-22-21-18(27-19)20-14(3)25/h4-5,11-13H,6-10H2,1-3H3,(H,20,21,25)/t12-,13-/m1/s1. The molecule has 0 radical (unpaired) electrons. The van der Waals surface area contributed by atoms with Crippen molar-refractivity contribution < 1.29 is 9.53 Å². The molecule has 144 valence electrons. The number of ether oxygens (including phenoxy) is 1. The predicted octanol–water partition coefficient (Wildman–Crippen LogP) is 2.70. The molecule has 2 aromatic rings. The first-order valence-corrected chi connectivity index (χ1v) is 10.2. The first-order chi connectivity index (χ1) is 13.0. The van der Waals surface area contributed by atoms with Gasteiger partial charge in [0.15, 0.2) is 0 Å². The number of piperazine rings is 1. The summed E-state index contributed by atoms with van der Waals surface area (Å²) < 4.78 is 5.92. The fourth-order valence-corrected chi connectivity index (χ4v) is 4.58. The zero-order chi connectivity index (χ0) is 19.0. The van der Waals surface area contributed by atoms with Crippen LogP contribution >= 0.6 is 11.3 Å². The maximum Gasteiger partial charge on any atom is 0.223 e. The van der Waals surface area contributed by atoms with Crippen molar-refractivity contribution in [3.8, 4) is 5.75 Å². The highest BCUT2D eigenvalue weighted by molar-refractivity contribution is 7.19. The largest absolute Gasteiger partial charge is 0.490 e. The van der Waals surface area contributed by atoms with Gasteiger partial charge in [0.25, 0.3) is 0 Å². The summed E-state index contributed by atoms with van der Waals surface area (Å²) in [5.74, 6) is 0.925. The van der Waals surface area contributed by atoms with E-state index >= 15 is 0 Å². The summed E-state index contributed by atoms with van der Waals surface area (Å²) in [5, 5.41) is 12.4. The second kappa shape index (κ2) is 7.44. The number of nitrogens with one attached hydrogen (secondary N) is 1. The van der Waals surface area contributed by atoms with Crippen molar-refractivity contribution in [3.63, 3.8) is 0 Å². The molecule has 1 aromatic heterocycles. The monoisotopic (exact) mass is 387 g/mol. The molecule has 1 aromatic carbocycles. The van der Waals surface area contributed by atoms with Crippen LogP contribution in [0.2, 0.25) is 0 Å². The predicted molar refractivity (Wildman–Crippen MR) is 107 cm³/mol. The number of aromatic nitrogens is 2. The highest BCUT2D eigenvalue weighted by Crippen LogP contribution is 2.33. The van der Waals surface area contributed by atoms with Gasteiger partial charge in [-0.25, -0.2) is 0 Å². The number of hydrogen-bond acceptors (Lipinski definition) is 7. The SMILES string of the molecule is CC(=O)Nc1nnc(N2CCN([C@H](C)c3ccc4c(c3)O[C@H](C)C4)CC2)s1. The fourth-order valence-electron chi connectivity index (χ4n) is 3.73. The van der Waals surface area contributed by atoms with Gasteiger partial charge >= 0.3 is 0 Å². The lowest BCUT2D eigenvalue weighted by Crippen LogP contribution is -2.47. The van der Waals surface area contributed by atoms with Crippen LogP contribution in [0.25, 0.3) is 0 Å². The Hall–Kier alpha value is -2.19. The first-order valence-electron chi connectivity index (χ1n) is 9.39. The first kappa shape index (κ1) is 18.2. The molecular formula is C19H25N5O2S. The maximum absolute atomic E-state index is 11.1. The summed E-state index contributed by atoms with van der Waals surface area (Å²) in [5.41, 5.74) is 2.62. The molecule has 27 heavy (non-hydrogen) atoms. The van der Waals surface area contributed by atoms with Gasteiger partial charge in [-0.3, -0.25) is 9.69 Å². The molecule has 0 saturated carbocycles. The Bertz CT molecular complexity index is 831. The molecule has 0 bridgehead atoms. The molecular weight excluding hydrogens is 362 g/mol. The third-order valence-electron chi connectivity index (χ3n) is 5.24. The molecule has 0 unspecified atom stereocenters. The molecule has 7 nitrogen and oxygen atoms in total. The van der Waals surface area contributed by atoms with Crippen LogP contribution in [0.5, 0.6) is 5.75 Å². The molecule has 2 aliphatic heterocycles. The highest BCUT2D eigenvalue weighted by Gasteiger charge is 2.26. The van der Waals surface area contributed by atoms with Crippen LogP contribution in [0.3, 0.4) is 0 Å². The molecule has 1 saturated heterocycles. The van der Waals surface area contributed by atoms with Gasteiger partial charge in [0.2, 0.25) is 16.2 Å². The van der Waals surface area contributed by atoms with Crippen molar-refractivity contribution in [3.05, 3.63) is 29.3 Å². The molecule has 0 spiro atoms. The Morgan fingerprint density at radius 2 is 2.07 bits per heavy atom. The van der Waals surface area contributed by atoms with E-state index in [9.17, 15) is 4.79 Å². The van der Waals surface area contributed by atoms with Crippen LogP contribution in [0.1, 0.15) is 37.9 Å². The molecule has 8 heteroatoms. The summed E-state index contributed by atoms with van der Waals surface area (Å²) in [7, 11) is 0. The number of anilines is 2. The van der Waals surface area contributed by atoms with E-state index in [4.69, 9.17) is 4.74 Å². The Balaban J connectivity index is 1.37. The number of rotatable bonds is 4. The highest BCUT2D eigenvalue weighted by atomic mass is 32.1. The van der Waals surface area contributed by atoms with Gasteiger partial charge in [0, 0.05) is 45.6 Å².